The molecular weight excluding hydrogens is 286 g/mol. The van der Waals surface area contributed by atoms with E-state index in [0.29, 0.717) is 5.92 Å². The van der Waals surface area contributed by atoms with Gasteiger partial charge in [-0.05, 0) is 55.0 Å². The molecule has 0 atom stereocenters. The normalized spacial score (nSPS) is 17.7. The molecule has 120 valence electrons. The molecule has 2 aromatic rings. The fourth-order valence-corrected chi connectivity index (χ4v) is 3.44. The lowest BCUT2D eigenvalue weighted by Gasteiger charge is -2.40. The third-order valence-corrected chi connectivity index (χ3v) is 4.85. The molecule has 23 heavy (non-hydrogen) atoms. The molecule has 2 aromatic heterocycles. The summed E-state index contributed by atoms with van der Waals surface area (Å²) in [4.78, 5) is 6.39. The van der Waals surface area contributed by atoms with Crippen LogP contribution in [0.15, 0.2) is 30.6 Å². The zero-order valence-electron chi connectivity index (χ0n) is 13.4. The van der Waals surface area contributed by atoms with Crippen LogP contribution in [0.3, 0.4) is 0 Å². The minimum atomic E-state index is 0.703. The number of pyridine rings is 1. The number of hydrogen-bond donors (Lipinski definition) is 1. The quantitative estimate of drug-likeness (QED) is 0.915. The van der Waals surface area contributed by atoms with Crippen LogP contribution < -0.4 is 10.2 Å². The number of rotatable bonds is 5. The van der Waals surface area contributed by atoms with Crippen molar-refractivity contribution in [1.82, 2.24) is 20.5 Å². The monoisotopic (exact) mass is 309 g/mol. The van der Waals surface area contributed by atoms with Gasteiger partial charge in [-0.3, -0.25) is 4.98 Å². The third kappa shape index (κ3) is 3.34. The second-order valence-electron chi connectivity index (χ2n) is 6.64. The first-order valence-electron chi connectivity index (χ1n) is 8.58. The van der Waals surface area contributed by atoms with Gasteiger partial charge in [0.05, 0.1) is 5.69 Å². The van der Waals surface area contributed by atoms with Crippen LogP contribution in [0.4, 0.5) is 5.82 Å². The van der Waals surface area contributed by atoms with Crippen LogP contribution in [0.5, 0.6) is 0 Å². The number of nitrogens with one attached hydrogen (secondary N) is 1. The highest BCUT2D eigenvalue weighted by atomic mass is 15.3. The van der Waals surface area contributed by atoms with Crippen LogP contribution in [0, 0.1) is 5.92 Å². The Labute approximate surface area is 137 Å². The first-order chi connectivity index (χ1) is 11.4. The summed E-state index contributed by atoms with van der Waals surface area (Å²) in [6, 6.07) is 6.38. The molecule has 0 saturated carbocycles. The molecule has 3 heterocycles. The Balaban J connectivity index is 1.25. The Morgan fingerprint density at radius 2 is 1.91 bits per heavy atom. The van der Waals surface area contributed by atoms with Gasteiger partial charge in [-0.15, -0.1) is 5.10 Å². The van der Waals surface area contributed by atoms with Crippen LogP contribution >= 0.6 is 0 Å². The van der Waals surface area contributed by atoms with E-state index >= 15 is 0 Å². The second kappa shape index (κ2) is 6.62. The van der Waals surface area contributed by atoms with Gasteiger partial charge < -0.3 is 10.2 Å². The molecule has 0 amide bonds. The molecule has 0 bridgehead atoms. The first-order valence-corrected chi connectivity index (χ1v) is 8.58. The minimum absolute atomic E-state index is 0.703. The van der Waals surface area contributed by atoms with Gasteiger partial charge in [0.2, 0.25) is 0 Å². The van der Waals surface area contributed by atoms with E-state index in [1.165, 1.54) is 36.1 Å². The maximum absolute atomic E-state index is 4.44. The van der Waals surface area contributed by atoms with Crippen molar-refractivity contribution in [3.05, 3.63) is 47.4 Å². The molecule has 2 aliphatic rings. The Kier molecular flexibility index (Phi) is 4.20. The molecule has 1 aliphatic heterocycles. The molecule has 1 N–H and O–H groups in total. The number of fused-ring (bicyclic) bond motifs is 1. The summed E-state index contributed by atoms with van der Waals surface area (Å²) in [5.41, 5.74) is 3.92. The summed E-state index contributed by atoms with van der Waals surface area (Å²) in [6.07, 6.45) is 8.51. The van der Waals surface area contributed by atoms with E-state index in [1.807, 2.05) is 12.4 Å². The summed E-state index contributed by atoms with van der Waals surface area (Å²) in [7, 11) is 0. The average Bonchev–Trinajstić information content (AvgIpc) is 2.57. The van der Waals surface area contributed by atoms with Gasteiger partial charge in [-0.2, -0.15) is 5.10 Å². The predicted molar refractivity (Wildman–Crippen MR) is 90.3 cm³/mol. The smallest absolute Gasteiger partial charge is 0.151 e. The molecule has 5 heteroatoms. The highest BCUT2D eigenvalue weighted by Crippen LogP contribution is 2.26. The molecule has 1 fully saturated rings. The zero-order chi connectivity index (χ0) is 15.5. The predicted octanol–water partition coefficient (Wildman–Crippen LogP) is 1.98. The van der Waals surface area contributed by atoms with Gasteiger partial charge in [0.25, 0.3) is 0 Å². The minimum Gasteiger partial charge on any atom is -0.354 e. The molecule has 0 radical (unpaired) electrons. The maximum atomic E-state index is 4.44. The van der Waals surface area contributed by atoms with Crippen LogP contribution in [-0.4, -0.2) is 34.8 Å². The van der Waals surface area contributed by atoms with Crippen molar-refractivity contribution in [2.45, 2.75) is 32.2 Å². The molecular formula is C18H23N5. The maximum Gasteiger partial charge on any atom is 0.151 e. The molecule has 4 rings (SSSR count). The van der Waals surface area contributed by atoms with E-state index in [1.54, 1.807) is 0 Å². The van der Waals surface area contributed by atoms with E-state index in [4.69, 9.17) is 0 Å². The van der Waals surface area contributed by atoms with Crippen molar-refractivity contribution in [1.29, 1.82) is 0 Å². The first kappa shape index (κ1) is 14.6. The van der Waals surface area contributed by atoms with Crippen molar-refractivity contribution < 1.29 is 0 Å². The number of aryl methyl sites for hydroxylation is 2. The highest BCUT2D eigenvalue weighted by Gasteiger charge is 2.28. The van der Waals surface area contributed by atoms with Crippen molar-refractivity contribution in [2.75, 3.05) is 24.5 Å². The van der Waals surface area contributed by atoms with Crippen molar-refractivity contribution in [2.24, 2.45) is 5.92 Å². The lowest BCUT2D eigenvalue weighted by Crippen LogP contribution is -2.51. The molecule has 0 spiro atoms. The molecule has 1 saturated heterocycles. The van der Waals surface area contributed by atoms with Gasteiger partial charge in [-0.1, -0.05) is 0 Å². The molecule has 0 unspecified atom stereocenters. The van der Waals surface area contributed by atoms with Crippen LogP contribution in [0.1, 0.15) is 29.7 Å². The standard InChI is InChI=1S/C18H23N5/c1-2-4-17-16(3-1)9-18(22-21-17)23-12-15(13-23)11-20-10-14-5-7-19-8-6-14/h5-9,15,20H,1-4,10-13H2. The van der Waals surface area contributed by atoms with Gasteiger partial charge >= 0.3 is 0 Å². The number of hydrogen-bond acceptors (Lipinski definition) is 5. The largest absolute Gasteiger partial charge is 0.354 e. The summed E-state index contributed by atoms with van der Waals surface area (Å²) in [5, 5.41) is 12.4. The topological polar surface area (TPSA) is 53.9 Å². The Hall–Kier alpha value is -2.01. The fourth-order valence-electron chi connectivity index (χ4n) is 3.44. The van der Waals surface area contributed by atoms with Crippen molar-refractivity contribution >= 4 is 5.82 Å². The fraction of sp³-hybridized carbons (Fsp3) is 0.500. The summed E-state index contributed by atoms with van der Waals surface area (Å²) >= 11 is 0. The molecule has 1 aliphatic carbocycles. The Morgan fingerprint density at radius 1 is 1.09 bits per heavy atom. The highest BCUT2D eigenvalue weighted by molar-refractivity contribution is 5.44. The van der Waals surface area contributed by atoms with Crippen LogP contribution in [0.25, 0.3) is 0 Å². The number of nitrogens with zero attached hydrogens (tertiary/aromatic N) is 4. The number of anilines is 1. The summed E-state index contributed by atoms with van der Waals surface area (Å²) in [6.45, 7) is 4.13. The van der Waals surface area contributed by atoms with E-state index < -0.39 is 0 Å². The lowest BCUT2D eigenvalue weighted by molar-refractivity contribution is 0.381. The van der Waals surface area contributed by atoms with E-state index in [9.17, 15) is 0 Å². The SMILES string of the molecule is c1cc(CNCC2CN(c3cc4c(nn3)CCCC4)C2)ccn1. The van der Waals surface area contributed by atoms with Crippen LogP contribution in [0.2, 0.25) is 0 Å². The zero-order valence-corrected chi connectivity index (χ0v) is 13.4. The van der Waals surface area contributed by atoms with Crippen molar-refractivity contribution in [3.63, 3.8) is 0 Å². The Morgan fingerprint density at radius 3 is 2.78 bits per heavy atom. The molecule has 0 aromatic carbocycles. The third-order valence-electron chi connectivity index (χ3n) is 4.85. The van der Waals surface area contributed by atoms with Gasteiger partial charge in [0.1, 0.15) is 0 Å². The average molecular weight is 309 g/mol. The lowest BCUT2D eigenvalue weighted by atomic mass is 9.95. The molecule has 5 nitrogen and oxygen atoms in total. The van der Waals surface area contributed by atoms with E-state index in [0.717, 1.165) is 38.4 Å². The summed E-state index contributed by atoms with van der Waals surface area (Å²) < 4.78 is 0. The van der Waals surface area contributed by atoms with E-state index in [-0.39, 0.29) is 0 Å². The van der Waals surface area contributed by atoms with Crippen molar-refractivity contribution in [3.8, 4) is 0 Å². The van der Waals surface area contributed by atoms with Gasteiger partial charge in [0, 0.05) is 44.5 Å². The van der Waals surface area contributed by atoms with Crippen LogP contribution in [-0.2, 0) is 19.4 Å². The second-order valence-corrected chi connectivity index (χ2v) is 6.64. The van der Waals surface area contributed by atoms with Gasteiger partial charge in [-0.25, -0.2) is 0 Å². The van der Waals surface area contributed by atoms with E-state index in [2.05, 4.69) is 43.6 Å². The summed E-state index contributed by atoms with van der Waals surface area (Å²) in [5.74, 6) is 1.77. The number of aromatic nitrogens is 3. The Bertz CT molecular complexity index is 652. The van der Waals surface area contributed by atoms with Gasteiger partial charge in [0.15, 0.2) is 5.82 Å².